The van der Waals surface area contributed by atoms with Crippen molar-refractivity contribution in [2.24, 2.45) is 44.8 Å². The van der Waals surface area contributed by atoms with E-state index in [1.165, 1.54) is 69.8 Å². The molecule has 56 heavy (non-hydrogen) atoms. The third kappa shape index (κ3) is 7.12. The Labute approximate surface area is 337 Å². The van der Waals surface area contributed by atoms with Crippen molar-refractivity contribution in [1.82, 2.24) is 0 Å². The van der Waals surface area contributed by atoms with Gasteiger partial charge in [-0.25, -0.2) is 4.79 Å². The lowest BCUT2D eigenvalue weighted by atomic mass is 9.36. The second kappa shape index (κ2) is 15.5. The molecule has 0 aromatic heterocycles. The van der Waals surface area contributed by atoms with Crippen LogP contribution in [0.2, 0.25) is 0 Å². The van der Waals surface area contributed by atoms with Gasteiger partial charge >= 0.3 is 11.9 Å². The number of aliphatic hydroxyl groups is 2. The number of ether oxygens (including phenoxy) is 2. The van der Waals surface area contributed by atoms with E-state index in [0.29, 0.717) is 61.2 Å². The minimum absolute atomic E-state index is 0.198. The molecule has 2 aliphatic heterocycles. The molecule has 1 aromatic rings. The van der Waals surface area contributed by atoms with Gasteiger partial charge in [-0.3, -0.25) is 4.79 Å². The Bertz CT molecular complexity index is 1700. The Hall–Kier alpha value is -2.62. The van der Waals surface area contributed by atoms with Gasteiger partial charge in [0.15, 0.2) is 0 Å². The number of carbonyl (C=O) groups is 2. The highest BCUT2D eigenvalue weighted by molar-refractivity contribution is 5.85. The summed E-state index contributed by atoms with van der Waals surface area (Å²) in [7, 11) is 0. The predicted molar refractivity (Wildman–Crippen MR) is 219 cm³/mol. The summed E-state index contributed by atoms with van der Waals surface area (Å²) >= 11 is 0. The topological polar surface area (TPSA) is 93.1 Å². The van der Waals surface area contributed by atoms with E-state index < -0.39 is 28.6 Å². The van der Waals surface area contributed by atoms with Crippen LogP contribution in [0.15, 0.2) is 42.0 Å². The maximum absolute atomic E-state index is 14.1. The van der Waals surface area contributed by atoms with Crippen LogP contribution in [0.4, 0.5) is 0 Å². The van der Waals surface area contributed by atoms with E-state index >= 15 is 0 Å². The summed E-state index contributed by atoms with van der Waals surface area (Å²) in [5.41, 5.74) is -0.236. The van der Waals surface area contributed by atoms with Gasteiger partial charge in [-0.05, 0) is 142 Å². The largest absolute Gasteiger partial charge is 0.462 e. The van der Waals surface area contributed by atoms with Crippen LogP contribution in [0.5, 0.6) is 0 Å². The van der Waals surface area contributed by atoms with Crippen LogP contribution in [0.25, 0.3) is 0 Å². The van der Waals surface area contributed by atoms with Crippen molar-refractivity contribution in [3.63, 3.8) is 0 Å². The molecule has 5 fully saturated rings. The van der Waals surface area contributed by atoms with Crippen LogP contribution in [0, 0.1) is 56.7 Å². The number of benzene rings is 1. The lowest BCUT2D eigenvalue weighted by Crippen LogP contribution is -2.76. The first-order chi connectivity index (χ1) is 26.8. The average Bonchev–Trinajstić information content (AvgIpc) is 4.00. The van der Waals surface area contributed by atoms with Crippen LogP contribution in [0.1, 0.15) is 168 Å². The molecule has 0 amide bonds. The molecular weight excluding hydrogens is 697 g/mol. The van der Waals surface area contributed by atoms with Crippen LogP contribution in [-0.2, 0) is 25.5 Å². The summed E-state index contributed by atoms with van der Waals surface area (Å²) in [5.74, 6) is 7.15. The van der Waals surface area contributed by atoms with Gasteiger partial charge in [0.2, 0.25) is 0 Å². The third-order valence-corrected chi connectivity index (χ3v) is 17.6. The summed E-state index contributed by atoms with van der Waals surface area (Å²) in [6, 6.07) is 10.7. The number of aryl methyl sites for hydroxylation is 1. The molecule has 2 N–H and O–H groups in total. The number of cyclic esters (lactones) is 1. The van der Waals surface area contributed by atoms with Crippen molar-refractivity contribution < 1.29 is 29.3 Å². The van der Waals surface area contributed by atoms with Gasteiger partial charge in [0.05, 0.1) is 23.5 Å². The Balaban J connectivity index is 1.15. The number of esters is 2. The quantitative estimate of drug-likeness (QED) is 0.163. The highest BCUT2D eigenvalue weighted by Gasteiger charge is 2.75. The Morgan fingerprint density at radius 2 is 1.66 bits per heavy atom. The summed E-state index contributed by atoms with van der Waals surface area (Å²) in [6.07, 6.45) is 23.1. The fraction of sp³-hybridized carbons (Fsp3) is 0.760. The van der Waals surface area contributed by atoms with E-state index in [1.54, 1.807) is 6.08 Å². The standard InChI is InChI=1S/C50H70O6/c1-36(13-11-17-37-15-5-4-6-16-37)14-12-25-49-41(51)21-26-46(3,39-20-27-48(32-39)30-29-47(35-48)23-9-10-24-47)44(49)40-33-45(2,22-8-7-18-42(52)56-40)50(49,54)28-19-38-31-43(53)55-34-38/h4-6,15-16,31,36,39-41,44,51,54H,7,9-14,17-21,23-30,32-35H2,1-3H3/t36-,39-,40+,41+,44?,45+,46+,48-,49+,50-/m1/s1. The number of carbonyl (C=O) groups excluding carboxylic acids is 2. The van der Waals surface area contributed by atoms with E-state index in [9.17, 15) is 19.8 Å². The zero-order chi connectivity index (χ0) is 39.2. The molecule has 306 valence electrons. The highest BCUT2D eigenvalue weighted by atomic mass is 16.5. The molecule has 2 bridgehead atoms. The Morgan fingerprint density at radius 1 is 0.893 bits per heavy atom. The van der Waals surface area contributed by atoms with E-state index in [1.807, 2.05) is 0 Å². The van der Waals surface area contributed by atoms with Gasteiger partial charge in [-0.1, -0.05) is 82.2 Å². The summed E-state index contributed by atoms with van der Waals surface area (Å²) in [4.78, 5) is 25.9. The zero-order valence-corrected chi connectivity index (χ0v) is 34.8. The number of hydrogen-bond acceptors (Lipinski definition) is 6. The first-order valence-corrected chi connectivity index (χ1v) is 22.8. The maximum atomic E-state index is 14.1. The molecule has 5 aliphatic carbocycles. The van der Waals surface area contributed by atoms with Crippen molar-refractivity contribution in [2.75, 3.05) is 6.61 Å². The highest BCUT2D eigenvalue weighted by Crippen LogP contribution is 2.74. The Morgan fingerprint density at radius 3 is 2.43 bits per heavy atom. The van der Waals surface area contributed by atoms with Crippen molar-refractivity contribution in [3.05, 3.63) is 47.5 Å². The molecule has 2 heterocycles. The lowest BCUT2D eigenvalue weighted by Gasteiger charge is -2.71. The smallest absolute Gasteiger partial charge is 0.331 e. The van der Waals surface area contributed by atoms with E-state index in [4.69, 9.17) is 9.47 Å². The molecule has 1 aromatic carbocycles. The first kappa shape index (κ1) is 40.2. The molecule has 6 nitrogen and oxygen atoms in total. The lowest BCUT2D eigenvalue weighted by molar-refractivity contribution is -0.313. The zero-order valence-electron chi connectivity index (χ0n) is 34.8. The van der Waals surface area contributed by atoms with Crippen LogP contribution < -0.4 is 0 Å². The molecule has 1 unspecified atom stereocenters. The van der Waals surface area contributed by atoms with Crippen molar-refractivity contribution in [2.45, 2.75) is 186 Å². The third-order valence-electron chi connectivity index (χ3n) is 17.6. The number of rotatable bonds is 12. The van der Waals surface area contributed by atoms with Gasteiger partial charge in [-0.2, -0.15) is 0 Å². The van der Waals surface area contributed by atoms with Crippen molar-refractivity contribution >= 4 is 11.9 Å². The molecule has 2 spiro atoms. The van der Waals surface area contributed by atoms with Crippen molar-refractivity contribution in [3.8, 4) is 11.8 Å². The molecular formula is C50H70O6. The number of aliphatic hydroxyl groups excluding tert-OH is 1. The SMILES string of the molecule is C[C@H](CCCc1ccccc1)CCC[C@]12C([C@@H]3C[C@](C)(C#CCCC(=O)O3)[C@]1(O)CCC1=CC(=O)OC1)[C@](C)([C@@H]1CC[C@@]3(CCC4(CCCC4)C3)C1)CC[C@@H]2O. The summed E-state index contributed by atoms with van der Waals surface area (Å²) < 4.78 is 12.0. The van der Waals surface area contributed by atoms with E-state index in [0.717, 1.165) is 44.1 Å². The summed E-state index contributed by atoms with van der Waals surface area (Å²) in [5, 5.41) is 27.0. The Kier molecular flexibility index (Phi) is 11.1. The normalized spacial score (nSPS) is 40.6. The molecule has 10 atom stereocenters. The number of fused-ring (bicyclic) bond motifs is 4. The minimum atomic E-state index is -1.38. The van der Waals surface area contributed by atoms with Crippen molar-refractivity contribution in [1.29, 1.82) is 0 Å². The molecule has 8 rings (SSSR count). The van der Waals surface area contributed by atoms with Gasteiger partial charge in [0.1, 0.15) is 12.7 Å². The van der Waals surface area contributed by atoms with Gasteiger partial charge in [-0.15, -0.1) is 5.92 Å². The monoisotopic (exact) mass is 767 g/mol. The van der Waals surface area contributed by atoms with Crippen LogP contribution in [-0.4, -0.2) is 46.6 Å². The van der Waals surface area contributed by atoms with Gasteiger partial charge < -0.3 is 19.7 Å². The van der Waals surface area contributed by atoms with Gasteiger partial charge in [0.25, 0.3) is 0 Å². The fourth-order valence-corrected chi connectivity index (χ4v) is 14.9. The van der Waals surface area contributed by atoms with E-state index in [-0.39, 0.29) is 36.3 Å². The molecule has 0 radical (unpaired) electrons. The van der Waals surface area contributed by atoms with Crippen LogP contribution in [0.3, 0.4) is 0 Å². The summed E-state index contributed by atoms with van der Waals surface area (Å²) in [6.45, 7) is 7.18. The maximum Gasteiger partial charge on any atom is 0.331 e. The predicted octanol–water partition coefficient (Wildman–Crippen LogP) is 10.2. The second-order valence-electron chi connectivity index (χ2n) is 20.9. The molecule has 6 heteroatoms. The second-order valence-corrected chi connectivity index (χ2v) is 20.9. The molecule has 0 saturated heterocycles. The fourth-order valence-electron chi connectivity index (χ4n) is 14.9. The molecule has 7 aliphatic rings. The number of hydrogen-bond donors (Lipinski definition) is 2. The van der Waals surface area contributed by atoms with Crippen LogP contribution >= 0.6 is 0 Å². The molecule has 5 saturated carbocycles. The van der Waals surface area contributed by atoms with E-state index in [2.05, 4.69) is 62.9 Å². The minimum Gasteiger partial charge on any atom is -0.462 e. The average molecular weight is 767 g/mol. The first-order valence-electron chi connectivity index (χ1n) is 22.8. The van der Waals surface area contributed by atoms with Gasteiger partial charge in [0, 0.05) is 30.3 Å².